The number of ether oxygens (including phenoxy) is 4. The molecule has 5 aliphatic rings. The van der Waals surface area contributed by atoms with E-state index in [2.05, 4.69) is 6.08 Å². The van der Waals surface area contributed by atoms with Crippen LogP contribution in [0.4, 0.5) is 0 Å². The molecule has 2 bridgehead atoms. The number of benzene rings is 1. The number of carbonyl (C=O) groups excluding carboxylic acids is 1. The molecular weight excluding hydrogens is 308 g/mol. The molecule has 24 heavy (non-hydrogen) atoms. The highest BCUT2D eigenvalue weighted by Gasteiger charge is 2.61. The lowest BCUT2D eigenvalue weighted by molar-refractivity contribution is -0.168. The summed E-state index contributed by atoms with van der Waals surface area (Å²) in [5.74, 6) is 0.418. The van der Waals surface area contributed by atoms with Gasteiger partial charge in [0.15, 0.2) is 5.79 Å². The second kappa shape index (κ2) is 4.83. The third-order valence-electron chi connectivity index (χ3n) is 6.03. The zero-order chi connectivity index (χ0) is 16.4. The number of esters is 1. The Morgan fingerprint density at radius 2 is 2.04 bits per heavy atom. The summed E-state index contributed by atoms with van der Waals surface area (Å²) in [7, 11) is 1.40. The Balaban J connectivity index is 1.59. The summed E-state index contributed by atoms with van der Waals surface area (Å²) in [5, 5.41) is 0. The normalized spacial score (nSPS) is 31.9. The summed E-state index contributed by atoms with van der Waals surface area (Å²) in [6, 6.07) is 5.68. The third kappa shape index (κ3) is 1.74. The van der Waals surface area contributed by atoms with E-state index >= 15 is 0 Å². The van der Waals surface area contributed by atoms with Crippen LogP contribution in [-0.2, 0) is 19.6 Å². The van der Waals surface area contributed by atoms with E-state index in [4.69, 9.17) is 18.9 Å². The van der Waals surface area contributed by atoms with Crippen LogP contribution < -0.4 is 4.74 Å². The number of rotatable bonds is 1. The molecule has 1 saturated carbocycles. The molecule has 1 aromatic carbocycles. The summed E-state index contributed by atoms with van der Waals surface area (Å²) >= 11 is 0. The van der Waals surface area contributed by atoms with Crippen LogP contribution in [0.3, 0.4) is 0 Å². The van der Waals surface area contributed by atoms with Crippen molar-refractivity contribution in [2.75, 3.05) is 26.9 Å². The second-order valence-electron chi connectivity index (χ2n) is 7.08. The SMILES string of the molecule is COC(=O)c1ccc2c(c1)OCCC1CC3(OCCO3)C3=CC21C3. The van der Waals surface area contributed by atoms with Gasteiger partial charge in [-0.3, -0.25) is 0 Å². The molecule has 3 aliphatic carbocycles. The van der Waals surface area contributed by atoms with E-state index in [9.17, 15) is 4.79 Å². The molecule has 2 aliphatic heterocycles. The molecule has 0 radical (unpaired) electrons. The molecule has 0 aromatic heterocycles. The fraction of sp³-hybridized carbons (Fsp3) is 0.526. The van der Waals surface area contributed by atoms with Gasteiger partial charge >= 0.3 is 5.97 Å². The molecule has 1 saturated heterocycles. The van der Waals surface area contributed by atoms with Crippen LogP contribution in [0, 0.1) is 5.92 Å². The van der Waals surface area contributed by atoms with Gasteiger partial charge < -0.3 is 18.9 Å². The number of fused-ring (bicyclic) bond motifs is 1. The van der Waals surface area contributed by atoms with Gasteiger partial charge in [0.05, 0.1) is 32.5 Å². The van der Waals surface area contributed by atoms with Gasteiger partial charge in [-0.2, -0.15) is 0 Å². The van der Waals surface area contributed by atoms with E-state index < -0.39 is 5.79 Å². The maximum atomic E-state index is 11.8. The van der Waals surface area contributed by atoms with Crippen LogP contribution in [0.25, 0.3) is 0 Å². The standard InChI is InChI=1S/C19H20O5/c1-21-17(20)12-2-3-15-16(8-12)22-5-4-13-11-19(23-6-7-24-19)14-9-18(13,15)10-14/h2-3,8-9,13H,4-7,10-11H2,1H3. The quantitative estimate of drug-likeness (QED) is 0.586. The largest absolute Gasteiger partial charge is 0.493 e. The second-order valence-corrected chi connectivity index (χ2v) is 7.08. The third-order valence-corrected chi connectivity index (χ3v) is 6.03. The van der Waals surface area contributed by atoms with E-state index in [0.717, 1.165) is 25.0 Å². The molecule has 2 spiro atoms. The lowest BCUT2D eigenvalue weighted by atomic mass is 9.51. The summed E-state index contributed by atoms with van der Waals surface area (Å²) in [6.45, 7) is 1.99. The summed E-state index contributed by atoms with van der Waals surface area (Å²) in [6.07, 6.45) is 5.13. The Morgan fingerprint density at radius 3 is 2.79 bits per heavy atom. The van der Waals surface area contributed by atoms with Gasteiger partial charge in [0.2, 0.25) is 0 Å². The predicted octanol–water partition coefficient (Wildman–Crippen LogP) is 2.59. The smallest absolute Gasteiger partial charge is 0.337 e. The fourth-order valence-corrected chi connectivity index (χ4v) is 4.83. The number of carbonyl (C=O) groups is 1. The Bertz CT molecular complexity index is 746. The molecule has 6 rings (SSSR count). The van der Waals surface area contributed by atoms with Crippen LogP contribution >= 0.6 is 0 Å². The van der Waals surface area contributed by atoms with Crippen molar-refractivity contribution in [1.82, 2.24) is 0 Å². The summed E-state index contributed by atoms with van der Waals surface area (Å²) < 4.78 is 22.8. The van der Waals surface area contributed by atoms with Gasteiger partial charge in [-0.1, -0.05) is 12.1 Å². The van der Waals surface area contributed by atoms with Gasteiger partial charge in [0.1, 0.15) is 5.75 Å². The molecule has 5 heteroatoms. The average Bonchev–Trinajstić information content (AvgIpc) is 2.94. The number of methoxy groups -OCH3 is 1. The highest BCUT2D eigenvalue weighted by atomic mass is 16.7. The first-order valence-corrected chi connectivity index (χ1v) is 8.53. The van der Waals surface area contributed by atoms with Gasteiger partial charge in [-0.15, -0.1) is 0 Å². The van der Waals surface area contributed by atoms with Crippen LogP contribution in [0.5, 0.6) is 5.75 Å². The van der Waals surface area contributed by atoms with E-state index in [1.807, 2.05) is 18.2 Å². The van der Waals surface area contributed by atoms with Gasteiger partial charge in [-0.25, -0.2) is 4.79 Å². The topological polar surface area (TPSA) is 54.0 Å². The van der Waals surface area contributed by atoms with Crippen molar-refractivity contribution in [1.29, 1.82) is 0 Å². The zero-order valence-electron chi connectivity index (χ0n) is 13.7. The van der Waals surface area contributed by atoms with Crippen molar-refractivity contribution < 1.29 is 23.7 Å². The molecule has 5 nitrogen and oxygen atoms in total. The van der Waals surface area contributed by atoms with Gasteiger partial charge in [0.25, 0.3) is 0 Å². The van der Waals surface area contributed by atoms with Crippen LogP contribution in [0.1, 0.15) is 35.2 Å². The minimum atomic E-state index is -0.483. The fourth-order valence-electron chi connectivity index (χ4n) is 4.83. The Kier molecular flexibility index (Phi) is 2.92. The lowest BCUT2D eigenvalue weighted by Gasteiger charge is -2.56. The van der Waals surface area contributed by atoms with Crippen molar-refractivity contribution in [2.45, 2.75) is 30.5 Å². The molecule has 2 atom stereocenters. The molecular formula is C19H20O5. The van der Waals surface area contributed by atoms with Gasteiger partial charge in [-0.05, 0) is 36.5 Å². The molecule has 0 amide bonds. The lowest BCUT2D eigenvalue weighted by Crippen LogP contribution is -2.55. The molecule has 1 aromatic rings. The minimum absolute atomic E-state index is 0.00360. The van der Waals surface area contributed by atoms with Crippen molar-refractivity contribution in [3.63, 3.8) is 0 Å². The summed E-state index contributed by atoms with van der Waals surface area (Å²) in [5.41, 5.74) is 2.97. The van der Waals surface area contributed by atoms with Crippen molar-refractivity contribution in [3.8, 4) is 5.75 Å². The minimum Gasteiger partial charge on any atom is -0.493 e. The van der Waals surface area contributed by atoms with Gasteiger partial charge in [0, 0.05) is 17.4 Å². The maximum absolute atomic E-state index is 11.8. The van der Waals surface area contributed by atoms with Crippen LogP contribution in [-0.4, -0.2) is 38.7 Å². The van der Waals surface area contributed by atoms with E-state index in [0.29, 0.717) is 31.3 Å². The number of hydrogen-bond donors (Lipinski definition) is 0. The van der Waals surface area contributed by atoms with Crippen molar-refractivity contribution >= 4 is 5.97 Å². The van der Waals surface area contributed by atoms with E-state index in [-0.39, 0.29) is 11.4 Å². The predicted molar refractivity (Wildman–Crippen MR) is 85.0 cm³/mol. The Morgan fingerprint density at radius 1 is 1.25 bits per heavy atom. The van der Waals surface area contributed by atoms with Crippen LogP contribution in [0.2, 0.25) is 0 Å². The zero-order valence-corrected chi connectivity index (χ0v) is 13.7. The number of allylic oxidation sites excluding steroid dienone is 1. The maximum Gasteiger partial charge on any atom is 0.337 e. The van der Waals surface area contributed by atoms with Crippen molar-refractivity contribution in [3.05, 3.63) is 41.0 Å². The van der Waals surface area contributed by atoms with Crippen LogP contribution in [0.15, 0.2) is 29.8 Å². The van der Waals surface area contributed by atoms with Crippen molar-refractivity contribution in [2.24, 2.45) is 5.92 Å². The monoisotopic (exact) mass is 328 g/mol. The molecule has 2 unspecified atom stereocenters. The molecule has 2 fully saturated rings. The average molecular weight is 328 g/mol. The Labute approximate surface area is 140 Å². The molecule has 126 valence electrons. The first-order chi connectivity index (χ1) is 11.7. The van der Waals surface area contributed by atoms with E-state index in [1.54, 1.807) is 0 Å². The highest BCUT2D eigenvalue weighted by molar-refractivity contribution is 5.90. The summed E-state index contributed by atoms with van der Waals surface area (Å²) in [4.78, 5) is 11.8. The molecule has 0 N–H and O–H groups in total. The number of hydrogen-bond acceptors (Lipinski definition) is 5. The highest BCUT2D eigenvalue weighted by Crippen LogP contribution is 2.63. The first-order valence-electron chi connectivity index (χ1n) is 8.53. The molecule has 2 heterocycles. The Hall–Kier alpha value is -1.85. The van der Waals surface area contributed by atoms with E-state index in [1.165, 1.54) is 18.2 Å². The first kappa shape index (κ1) is 14.5.